The van der Waals surface area contributed by atoms with Gasteiger partial charge in [-0.2, -0.15) is 13.2 Å². The van der Waals surface area contributed by atoms with Crippen molar-refractivity contribution in [2.24, 2.45) is 0 Å². The van der Waals surface area contributed by atoms with Crippen LogP contribution in [-0.2, 0) is 18.2 Å². The molecule has 0 rings (SSSR count). The zero-order chi connectivity index (χ0) is 13.6. The Balaban J connectivity index is 0. The number of hydrogen-bond donors (Lipinski definition) is 4. The number of halogens is 3. The van der Waals surface area contributed by atoms with Gasteiger partial charge in [0.1, 0.15) is 0 Å². The van der Waals surface area contributed by atoms with Gasteiger partial charge >= 0.3 is 21.8 Å². The van der Waals surface area contributed by atoms with Crippen LogP contribution in [0.4, 0.5) is 13.2 Å². The lowest BCUT2D eigenvalue weighted by Crippen LogP contribution is -2.16. The van der Waals surface area contributed by atoms with Gasteiger partial charge in [-0.15, -0.1) is 0 Å². The quantitative estimate of drug-likeness (QED) is 0.549. The van der Waals surface area contributed by atoms with Crippen molar-refractivity contribution in [3.05, 3.63) is 0 Å². The van der Waals surface area contributed by atoms with Gasteiger partial charge in [0.25, 0.3) is 0 Å². The number of phosphoric acid groups is 2. The topological polar surface area (TPSA) is 134 Å². The Kier molecular flexibility index (Phi) is 7.67. The molecule has 0 spiro atoms. The first-order valence-corrected chi connectivity index (χ1v) is 6.21. The van der Waals surface area contributed by atoms with Gasteiger partial charge in [-0.3, -0.25) is 9.05 Å². The standard InChI is InChI=1S/C3H6F3O4P.H3O4P/c1-9-11(7,8)10-2-3(4,5)6;1-5(2,3)4/h2H2,1H3,(H,7,8);(H3,1,2,3,4). The molecule has 1 atom stereocenters. The average Bonchev–Trinajstić information content (AvgIpc) is 1.97. The number of rotatable bonds is 3. The van der Waals surface area contributed by atoms with Crippen LogP contribution < -0.4 is 0 Å². The number of hydrogen-bond acceptors (Lipinski definition) is 4. The maximum absolute atomic E-state index is 11.3. The van der Waals surface area contributed by atoms with E-state index in [1.165, 1.54) is 0 Å². The van der Waals surface area contributed by atoms with Crippen molar-refractivity contribution in [3.63, 3.8) is 0 Å². The van der Waals surface area contributed by atoms with Gasteiger partial charge in [0.15, 0.2) is 6.61 Å². The summed E-state index contributed by atoms with van der Waals surface area (Å²) in [4.78, 5) is 29.9. The summed E-state index contributed by atoms with van der Waals surface area (Å²) in [7, 11) is -8.35. The van der Waals surface area contributed by atoms with Crippen LogP contribution in [0.2, 0.25) is 0 Å². The van der Waals surface area contributed by atoms with E-state index in [2.05, 4.69) is 9.05 Å². The predicted molar refractivity (Wildman–Crippen MR) is 43.1 cm³/mol. The largest absolute Gasteiger partial charge is 0.472 e. The summed E-state index contributed by atoms with van der Waals surface area (Å²) in [5, 5.41) is 0. The van der Waals surface area contributed by atoms with Crippen LogP contribution >= 0.6 is 15.6 Å². The molecule has 13 heteroatoms. The first-order chi connectivity index (χ1) is 6.77. The van der Waals surface area contributed by atoms with Crippen molar-refractivity contribution in [1.29, 1.82) is 0 Å². The van der Waals surface area contributed by atoms with Gasteiger partial charge in [-0.05, 0) is 0 Å². The number of alkyl halides is 3. The molecule has 0 aliphatic carbocycles. The maximum atomic E-state index is 11.3. The molecule has 0 bridgehead atoms. The minimum Gasteiger partial charge on any atom is -0.303 e. The lowest BCUT2D eigenvalue weighted by molar-refractivity contribution is -0.157. The molecular formula is C3H9F3O8P2. The van der Waals surface area contributed by atoms with Gasteiger partial charge in [-0.25, -0.2) is 9.13 Å². The Labute approximate surface area is 87.5 Å². The van der Waals surface area contributed by atoms with E-state index in [1.54, 1.807) is 0 Å². The zero-order valence-electron chi connectivity index (χ0n) is 7.66. The minimum absolute atomic E-state index is 0.775. The molecule has 8 nitrogen and oxygen atoms in total. The second-order valence-electron chi connectivity index (χ2n) is 2.05. The second kappa shape index (κ2) is 6.67. The van der Waals surface area contributed by atoms with Crippen LogP contribution in [0.15, 0.2) is 0 Å². The van der Waals surface area contributed by atoms with E-state index in [0.29, 0.717) is 0 Å². The van der Waals surface area contributed by atoms with E-state index in [1.807, 2.05) is 0 Å². The van der Waals surface area contributed by atoms with Crippen LogP contribution in [0.5, 0.6) is 0 Å². The molecule has 100 valence electrons. The number of phosphoric ester groups is 1. The molecule has 0 saturated carbocycles. The SMILES string of the molecule is COP(=O)(O)OCC(F)(F)F.O=P(O)(O)O. The second-order valence-corrected chi connectivity index (χ2v) is 4.64. The first-order valence-electron chi connectivity index (χ1n) is 3.15. The summed E-state index contributed by atoms with van der Waals surface area (Å²) in [6.07, 6.45) is -4.63. The molecule has 0 amide bonds. The van der Waals surface area contributed by atoms with Crippen LogP contribution in [0, 0.1) is 0 Å². The molecule has 0 aromatic rings. The smallest absolute Gasteiger partial charge is 0.303 e. The summed E-state index contributed by atoms with van der Waals surface area (Å²) < 4.78 is 60.3. The Hall–Kier alpha value is 0.01000. The highest BCUT2D eigenvalue weighted by atomic mass is 31.2. The zero-order valence-corrected chi connectivity index (χ0v) is 9.45. The van der Waals surface area contributed by atoms with Crippen molar-refractivity contribution >= 4 is 15.6 Å². The van der Waals surface area contributed by atoms with Crippen LogP contribution in [0.25, 0.3) is 0 Å². The molecule has 16 heavy (non-hydrogen) atoms. The van der Waals surface area contributed by atoms with Gasteiger partial charge in [-0.1, -0.05) is 0 Å². The van der Waals surface area contributed by atoms with Crippen molar-refractivity contribution in [2.75, 3.05) is 13.7 Å². The monoisotopic (exact) mass is 292 g/mol. The summed E-state index contributed by atoms with van der Waals surface area (Å²) in [6.45, 7) is -1.80. The molecule has 0 fully saturated rings. The van der Waals surface area contributed by atoms with E-state index in [0.717, 1.165) is 7.11 Å². The van der Waals surface area contributed by atoms with Gasteiger partial charge in [0.05, 0.1) is 0 Å². The summed E-state index contributed by atoms with van der Waals surface area (Å²) in [5.41, 5.74) is 0. The van der Waals surface area contributed by atoms with Crippen molar-refractivity contribution < 1.29 is 50.9 Å². The summed E-state index contributed by atoms with van der Waals surface area (Å²) in [6, 6.07) is 0. The van der Waals surface area contributed by atoms with Gasteiger partial charge in [0, 0.05) is 7.11 Å². The Morgan fingerprint density at radius 3 is 1.62 bits per heavy atom. The molecule has 0 aromatic heterocycles. The third-order valence-corrected chi connectivity index (χ3v) is 1.54. The maximum Gasteiger partial charge on any atom is 0.472 e. The van der Waals surface area contributed by atoms with E-state index in [4.69, 9.17) is 24.1 Å². The minimum atomic E-state index is -4.64. The summed E-state index contributed by atoms with van der Waals surface area (Å²) in [5.74, 6) is 0. The fourth-order valence-corrected chi connectivity index (χ4v) is 0.622. The Morgan fingerprint density at radius 2 is 1.44 bits per heavy atom. The van der Waals surface area contributed by atoms with Gasteiger partial charge in [0.2, 0.25) is 0 Å². The first kappa shape index (κ1) is 18.4. The van der Waals surface area contributed by atoms with Crippen LogP contribution in [-0.4, -0.2) is 39.5 Å². The highest BCUT2D eigenvalue weighted by Crippen LogP contribution is 2.43. The molecule has 0 saturated heterocycles. The molecule has 0 aliphatic heterocycles. The molecule has 0 aromatic carbocycles. The van der Waals surface area contributed by atoms with Crippen molar-refractivity contribution in [3.8, 4) is 0 Å². The Bertz CT molecular complexity index is 274. The molecule has 0 heterocycles. The highest BCUT2D eigenvalue weighted by molar-refractivity contribution is 7.47. The fourth-order valence-electron chi connectivity index (χ4n) is 0.207. The van der Waals surface area contributed by atoms with Crippen LogP contribution in [0.3, 0.4) is 0 Å². The molecular weight excluding hydrogens is 283 g/mol. The third kappa shape index (κ3) is 23.7. The lowest BCUT2D eigenvalue weighted by atomic mass is 10.7. The van der Waals surface area contributed by atoms with Crippen molar-refractivity contribution in [2.45, 2.75) is 6.18 Å². The lowest BCUT2D eigenvalue weighted by Gasteiger charge is -2.10. The van der Waals surface area contributed by atoms with Crippen LogP contribution in [0.1, 0.15) is 0 Å². The molecule has 0 aliphatic rings. The summed E-state index contributed by atoms with van der Waals surface area (Å²) >= 11 is 0. The average molecular weight is 292 g/mol. The molecule has 1 unspecified atom stereocenters. The molecule has 0 radical (unpaired) electrons. The van der Waals surface area contributed by atoms with Crippen molar-refractivity contribution in [1.82, 2.24) is 0 Å². The van der Waals surface area contributed by atoms with E-state index in [-0.39, 0.29) is 0 Å². The predicted octanol–water partition coefficient (Wildman–Crippen LogP) is 0.384. The third-order valence-electron chi connectivity index (χ3n) is 0.622. The van der Waals surface area contributed by atoms with E-state index in [9.17, 15) is 17.7 Å². The highest BCUT2D eigenvalue weighted by Gasteiger charge is 2.32. The van der Waals surface area contributed by atoms with E-state index >= 15 is 0 Å². The fraction of sp³-hybridized carbons (Fsp3) is 1.00. The normalized spacial score (nSPS) is 16.0. The van der Waals surface area contributed by atoms with Gasteiger partial charge < -0.3 is 19.6 Å². The molecule has 4 N–H and O–H groups in total. The Morgan fingerprint density at radius 1 is 1.12 bits per heavy atom. The van der Waals surface area contributed by atoms with E-state index < -0.39 is 28.4 Å².